The fourth-order valence-electron chi connectivity index (χ4n) is 1.48. The smallest absolute Gasteiger partial charge is 0.171 e. The van der Waals surface area contributed by atoms with Gasteiger partial charge < -0.3 is 0 Å². The SMILES string of the molecule is CC(=O)c1sc(-c2ccc(F)c(F)c2)nc1C. The monoisotopic (exact) mass is 253 g/mol. The van der Waals surface area contributed by atoms with Crippen LogP contribution in [0.15, 0.2) is 18.2 Å². The first kappa shape index (κ1) is 11.9. The van der Waals surface area contributed by atoms with Crippen molar-refractivity contribution in [2.45, 2.75) is 13.8 Å². The Kier molecular flexibility index (Phi) is 3.02. The Morgan fingerprint density at radius 1 is 1.29 bits per heavy atom. The zero-order valence-electron chi connectivity index (χ0n) is 9.25. The van der Waals surface area contributed by atoms with Gasteiger partial charge in [-0.25, -0.2) is 13.8 Å². The van der Waals surface area contributed by atoms with E-state index in [-0.39, 0.29) is 5.78 Å². The van der Waals surface area contributed by atoms with E-state index in [0.29, 0.717) is 21.1 Å². The van der Waals surface area contributed by atoms with Crippen molar-refractivity contribution in [1.29, 1.82) is 0 Å². The number of ketones is 1. The van der Waals surface area contributed by atoms with E-state index in [1.54, 1.807) is 6.92 Å². The molecule has 0 aliphatic rings. The van der Waals surface area contributed by atoms with Crippen LogP contribution in [0.4, 0.5) is 8.78 Å². The molecule has 2 rings (SSSR count). The molecule has 5 heteroatoms. The number of hydrogen-bond donors (Lipinski definition) is 0. The van der Waals surface area contributed by atoms with Crippen molar-refractivity contribution in [2.75, 3.05) is 0 Å². The maximum Gasteiger partial charge on any atom is 0.171 e. The van der Waals surface area contributed by atoms with E-state index in [1.165, 1.54) is 24.3 Å². The summed E-state index contributed by atoms with van der Waals surface area (Å²) in [5, 5.41) is 0.520. The van der Waals surface area contributed by atoms with Gasteiger partial charge in [-0.05, 0) is 25.1 Å². The lowest BCUT2D eigenvalue weighted by Crippen LogP contribution is -1.89. The van der Waals surface area contributed by atoms with Gasteiger partial charge in [0.2, 0.25) is 0 Å². The number of hydrogen-bond acceptors (Lipinski definition) is 3. The van der Waals surface area contributed by atoms with Crippen LogP contribution in [-0.2, 0) is 0 Å². The molecule has 0 atom stereocenters. The zero-order valence-corrected chi connectivity index (χ0v) is 10.1. The van der Waals surface area contributed by atoms with E-state index in [2.05, 4.69) is 4.98 Å². The summed E-state index contributed by atoms with van der Waals surface area (Å²) >= 11 is 1.19. The van der Waals surface area contributed by atoms with Crippen LogP contribution in [0.25, 0.3) is 10.6 Å². The van der Waals surface area contributed by atoms with Crippen LogP contribution in [0.3, 0.4) is 0 Å². The highest BCUT2D eigenvalue weighted by atomic mass is 32.1. The largest absolute Gasteiger partial charge is 0.294 e. The van der Waals surface area contributed by atoms with E-state index in [9.17, 15) is 13.6 Å². The average Bonchev–Trinajstić information content (AvgIpc) is 2.64. The number of aromatic nitrogens is 1. The fourth-order valence-corrected chi connectivity index (χ4v) is 2.43. The Labute approximate surface area is 101 Å². The minimum absolute atomic E-state index is 0.0752. The minimum Gasteiger partial charge on any atom is -0.294 e. The van der Waals surface area contributed by atoms with Crippen molar-refractivity contribution in [3.05, 3.63) is 40.4 Å². The Morgan fingerprint density at radius 2 is 2.00 bits per heavy atom. The molecule has 1 aromatic carbocycles. The lowest BCUT2D eigenvalue weighted by molar-refractivity contribution is 0.102. The molecule has 1 heterocycles. The molecule has 88 valence electrons. The summed E-state index contributed by atoms with van der Waals surface area (Å²) in [5.41, 5.74) is 1.09. The highest BCUT2D eigenvalue weighted by molar-refractivity contribution is 7.17. The number of carbonyl (C=O) groups is 1. The number of benzene rings is 1. The van der Waals surface area contributed by atoms with Gasteiger partial charge in [0.05, 0.1) is 10.6 Å². The predicted molar refractivity (Wildman–Crippen MR) is 62.2 cm³/mol. The summed E-state index contributed by atoms with van der Waals surface area (Å²) in [6.45, 7) is 3.17. The van der Waals surface area contributed by atoms with Gasteiger partial charge in [-0.1, -0.05) is 0 Å². The second kappa shape index (κ2) is 4.33. The normalized spacial score (nSPS) is 10.6. The highest BCUT2D eigenvalue weighted by Crippen LogP contribution is 2.29. The topological polar surface area (TPSA) is 30.0 Å². The van der Waals surface area contributed by atoms with Crippen LogP contribution < -0.4 is 0 Å². The third-order valence-electron chi connectivity index (χ3n) is 2.28. The van der Waals surface area contributed by atoms with Crippen molar-refractivity contribution in [3.8, 4) is 10.6 Å². The van der Waals surface area contributed by atoms with Crippen molar-refractivity contribution in [1.82, 2.24) is 4.98 Å². The van der Waals surface area contributed by atoms with E-state index < -0.39 is 11.6 Å². The van der Waals surface area contributed by atoms with Gasteiger partial charge in [0.15, 0.2) is 17.4 Å². The van der Waals surface area contributed by atoms with E-state index in [4.69, 9.17) is 0 Å². The van der Waals surface area contributed by atoms with Gasteiger partial charge in [0, 0.05) is 12.5 Å². The summed E-state index contributed by atoms with van der Waals surface area (Å²) in [5.74, 6) is -1.89. The van der Waals surface area contributed by atoms with Crippen LogP contribution in [0, 0.1) is 18.6 Å². The maximum absolute atomic E-state index is 13.1. The molecule has 2 nitrogen and oxygen atoms in total. The summed E-state index contributed by atoms with van der Waals surface area (Å²) in [6, 6.07) is 3.58. The predicted octanol–water partition coefficient (Wildman–Crippen LogP) is 3.60. The molecule has 0 spiro atoms. The maximum atomic E-state index is 13.1. The number of nitrogens with zero attached hydrogens (tertiary/aromatic N) is 1. The van der Waals surface area contributed by atoms with Crippen LogP contribution in [-0.4, -0.2) is 10.8 Å². The lowest BCUT2D eigenvalue weighted by Gasteiger charge is -1.96. The van der Waals surface area contributed by atoms with Gasteiger partial charge in [0.25, 0.3) is 0 Å². The Hall–Kier alpha value is -1.62. The first-order valence-corrected chi connectivity index (χ1v) is 5.74. The van der Waals surface area contributed by atoms with Crippen LogP contribution in [0.1, 0.15) is 22.3 Å². The standard InChI is InChI=1S/C12H9F2NOS/c1-6-11(7(2)16)17-12(15-6)8-3-4-9(13)10(14)5-8/h3-5H,1-2H3. The number of thiazole rings is 1. The van der Waals surface area contributed by atoms with E-state index in [0.717, 1.165) is 12.1 Å². The lowest BCUT2D eigenvalue weighted by atomic mass is 10.2. The number of carbonyl (C=O) groups excluding carboxylic acids is 1. The van der Waals surface area contributed by atoms with Gasteiger partial charge in [-0.2, -0.15) is 0 Å². The van der Waals surface area contributed by atoms with Gasteiger partial charge in [-0.3, -0.25) is 4.79 Å². The van der Waals surface area contributed by atoms with Gasteiger partial charge in [0.1, 0.15) is 5.01 Å². The molecule has 0 amide bonds. The minimum atomic E-state index is -0.917. The van der Waals surface area contributed by atoms with Crippen molar-refractivity contribution in [3.63, 3.8) is 0 Å². The Bertz CT molecular complexity index is 592. The molecule has 0 saturated heterocycles. The molecule has 0 N–H and O–H groups in total. The van der Waals surface area contributed by atoms with Gasteiger partial charge >= 0.3 is 0 Å². The molecule has 0 bridgehead atoms. The first-order chi connectivity index (χ1) is 7.99. The molecule has 0 unspecified atom stereocenters. The fraction of sp³-hybridized carbons (Fsp3) is 0.167. The molecule has 1 aromatic heterocycles. The van der Waals surface area contributed by atoms with Gasteiger partial charge in [-0.15, -0.1) is 11.3 Å². The third-order valence-corrected chi connectivity index (χ3v) is 3.59. The average molecular weight is 253 g/mol. The van der Waals surface area contributed by atoms with E-state index >= 15 is 0 Å². The summed E-state index contributed by atoms with van der Waals surface area (Å²) < 4.78 is 25.8. The number of rotatable bonds is 2. The zero-order chi connectivity index (χ0) is 12.6. The molecule has 2 aromatic rings. The Balaban J connectivity index is 2.50. The molecule has 17 heavy (non-hydrogen) atoms. The molecule has 0 radical (unpaired) electrons. The van der Waals surface area contributed by atoms with Crippen molar-refractivity contribution < 1.29 is 13.6 Å². The quantitative estimate of drug-likeness (QED) is 0.765. The van der Waals surface area contributed by atoms with Crippen molar-refractivity contribution >= 4 is 17.1 Å². The summed E-state index contributed by atoms with van der Waals surface area (Å²) in [6.07, 6.45) is 0. The van der Waals surface area contributed by atoms with Crippen molar-refractivity contribution in [2.24, 2.45) is 0 Å². The summed E-state index contributed by atoms with van der Waals surface area (Å²) in [7, 11) is 0. The molecule has 0 aliphatic carbocycles. The van der Waals surface area contributed by atoms with Crippen LogP contribution >= 0.6 is 11.3 Å². The molecular weight excluding hydrogens is 244 g/mol. The molecule has 0 saturated carbocycles. The highest BCUT2D eigenvalue weighted by Gasteiger charge is 2.13. The van der Waals surface area contributed by atoms with Crippen LogP contribution in [0.2, 0.25) is 0 Å². The third kappa shape index (κ3) is 2.24. The van der Waals surface area contributed by atoms with Crippen LogP contribution in [0.5, 0.6) is 0 Å². The number of halogens is 2. The second-order valence-corrected chi connectivity index (χ2v) is 4.62. The number of aryl methyl sites for hydroxylation is 1. The first-order valence-electron chi connectivity index (χ1n) is 4.93. The summed E-state index contributed by atoms with van der Waals surface area (Å²) in [4.78, 5) is 16.0. The molecule has 0 fully saturated rings. The molecule has 0 aliphatic heterocycles. The second-order valence-electron chi connectivity index (χ2n) is 3.62. The Morgan fingerprint density at radius 3 is 2.53 bits per heavy atom. The molecular formula is C12H9F2NOS. The van der Waals surface area contributed by atoms with E-state index in [1.807, 2.05) is 0 Å². The number of Topliss-reactive ketones (excluding diaryl/α,β-unsaturated/α-hetero) is 1.